The molecule has 13 N–H and O–H groups in total. The highest BCUT2D eigenvalue weighted by Crippen LogP contribution is 2.29. The summed E-state index contributed by atoms with van der Waals surface area (Å²) in [6, 6.07) is -1.93. The van der Waals surface area contributed by atoms with Crippen molar-refractivity contribution in [2.45, 2.75) is 230 Å². The number of rotatable bonds is 39. The fourth-order valence-electron chi connectivity index (χ4n) is 9.80. The van der Waals surface area contributed by atoms with Gasteiger partial charge in [0, 0.05) is 82.6 Å². The van der Waals surface area contributed by atoms with E-state index in [9.17, 15) is 74.7 Å². The van der Waals surface area contributed by atoms with Crippen LogP contribution in [0.25, 0.3) is 0 Å². The predicted octanol–water partition coefficient (Wildman–Crippen LogP) is -1.11. The maximum Gasteiger partial charge on any atom is 0.220 e. The van der Waals surface area contributed by atoms with Gasteiger partial charge in [-0.1, -0.05) is 47.0 Å². The van der Waals surface area contributed by atoms with Gasteiger partial charge in [-0.15, -0.1) is 0 Å². The summed E-state index contributed by atoms with van der Waals surface area (Å²) < 4.78 is 34.0. The molecule has 0 saturated carbocycles. The molecular weight excluding hydrogens is 1040 g/mol. The minimum absolute atomic E-state index is 0.0819. The van der Waals surface area contributed by atoms with Gasteiger partial charge in [0.05, 0.1) is 44.7 Å². The molecule has 0 aromatic heterocycles. The Bertz CT molecular complexity index is 1800. The summed E-state index contributed by atoms with van der Waals surface area (Å²) in [7, 11) is 0. The van der Waals surface area contributed by atoms with E-state index in [0.29, 0.717) is 90.1 Å². The van der Waals surface area contributed by atoms with Crippen molar-refractivity contribution in [3.63, 3.8) is 0 Å². The Labute approximate surface area is 464 Å². The minimum atomic E-state index is -1.42. The highest BCUT2D eigenvalue weighted by Gasteiger charge is 2.46. The molecule has 0 bridgehead atoms. The number of hydrogen-bond acceptors (Lipinski definition) is 21. The topological polar surface area (TPSA) is 388 Å². The zero-order valence-corrected chi connectivity index (χ0v) is 47.0. The van der Waals surface area contributed by atoms with E-state index in [1.165, 1.54) is 6.92 Å². The van der Waals surface area contributed by atoms with Gasteiger partial charge in [0.2, 0.25) is 23.6 Å². The predicted molar refractivity (Wildman–Crippen MR) is 282 cm³/mol. The Morgan fingerprint density at radius 1 is 0.506 bits per heavy atom. The summed E-state index contributed by atoms with van der Waals surface area (Å²) in [6.07, 6.45) is -6.66. The van der Waals surface area contributed by atoms with Crippen molar-refractivity contribution in [1.82, 2.24) is 21.3 Å². The highest BCUT2D eigenvalue weighted by atomic mass is 16.7. The molecule has 0 aromatic carbocycles. The van der Waals surface area contributed by atoms with Crippen molar-refractivity contribution in [3.8, 4) is 0 Å². The second-order valence-corrected chi connectivity index (χ2v) is 21.6. The molecule has 17 atom stereocenters. The minimum Gasteiger partial charge on any atom is -0.394 e. The number of Topliss-reactive ketones (excluding diaryl/α,β-unsaturated/α-hetero) is 2. The van der Waals surface area contributed by atoms with Crippen molar-refractivity contribution in [2.24, 2.45) is 23.7 Å². The second kappa shape index (κ2) is 37.7. The molecule has 3 aliphatic rings. The molecule has 3 fully saturated rings. The molecule has 25 nitrogen and oxygen atoms in total. The van der Waals surface area contributed by atoms with Crippen LogP contribution in [0.5, 0.6) is 0 Å². The smallest absolute Gasteiger partial charge is 0.220 e. The summed E-state index contributed by atoms with van der Waals surface area (Å²) in [5.74, 6) is -3.62. The van der Waals surface area contributed by atoms with Crippen LogP contribution in [0.15, 0.2) is 0 Å². The second-order valence-electron chi connectivity index (χ2n) is 21.6. The number of hydrogen-bond donors (Lipinski definition) is 13. The standard InChI is InChI=1S/C54H96N4O21/c1-31(2)45(67)35(17-10-12-22-55-41(64)19-8-6-15-25-76-54-44(57-34(5)62)51(73)50(72)40(30-61)79-54)27-37(63)36(58-43(66)20-9-7-14-24-74-52-32(3)46(68)48(70)38(28-59)77-52)18-11-13-23-56-42(65)21-16-26-75-53-33(4)47(69)49(71)39(29-60)78-53/h31-33,35-36,38-40,44,46-54,59-61,68-73H,6-30H2,1-5H3,(H,55,64)(H,56,65)(H,57,62)(H,58,66)/t32?,33?,35?,36?,38?,39?,40?,44?,46-,47-,48+,49+,50+,51-,52-,53-,54-/m1/s1. The molecule has 8 unspecified atom stereocenters. The molecule has 3 rings (SSSR count). The zero-order chi connectivity index (χ0) is 58.6. The van der Waals surface area contributed by atoms with Crippen LogP contribution in [0.4, 0.5) is 0 Å². The van der Waals surface area contributed by atoms with E-state index in [2.05, 4.69) is 21.3 Å². The number of nitrogens with one attached hydrogen (secondary N) is 4. The first-order valence-corrected chi connectivity index (χ1v) is 28.5. The number of unbranched alkanes of at least 4 members (excludes halogenated alkanes) is 6. The van der Waals surface area contributed by atoms with Crippen LogP contribution in [-0.2, 0) is 57.2 Å². The normalized spacial score (nSPS) is 29.8. The third-order valence-corrected chi connectivity index (χ3v) is 14.8. The van der Waals surface area contributed by atoms with Gasteiger partial charge in [-0.05, 0) is 64.2 Å². The molecule has 458 valence electrons. The number of carbonyl (C=O) groups excluding carboxylic acids is 6. The maximum absolute atomic E-state index is 14.1. The van der Waals surface area contributed by atoms with Crippen molar-refractivity contribution >= 4 is 35.2 Å². The van der Waals surface area contributed by atoms with Gasteiger partial charge in [-0.3, -0.25) is 28.8 Å². The van der Waals surface area contributed by atoms with Crippen LogP contribution in [0.3, 0.4) is 0 Å². The van der Waals surface area contributed by atoms with E-state index in [1.807, 2.05) is 0 Å². The Hall–Kier alpha value is -3.38. The summed E-state index contributed by atoms with van der Waals surface area (Å²) in [5, 5.41) is 101. The lowest BCUT2D eigenvalue weighted by Crippen LogP contribution is -2.64. The lowest BCUT2D eigenvalue weighted by Gasteiger charge is -2.42. The van der Waals surface area contributed by atoms with Gasteiger partial charge in [0.15, 0.2) is 24.7 Å². The van der Waals surface area contributed by atoms with Crippen LogP contribution in [0.2, 0.25) is 0 Å². The molecular formula is C54H96N4O21. The van der Waals surface area contributed by atoms with Crippen molar-refractivity contribution < 1.29 is 103 Å². The van der Waals surface area contributed by atoms with Crippen LogP contribution < -0.4 is 21.3 Å². The van der Waals surface area contributed by atoms with Crippen molar-refractivity contribution in [3.05, 3.63) is 0 Å². The number of amides is 4. The first-order valence-electron chi connectivity index (χ1n) is 28.5. The van der Waals surface area contributed by atoms with Gasteiger partial charge in [0.1, 0.15) is 54.6 Å². The molecule has 4 amide bonds. The average Bonchev–Trinajstić information content (AvgIpc) is 3.42. The van der Waals surface area contributed by atoms with E-state index < -0.39 is 129 Å². The van der Waals surface area contributed by atoms with Crippen LogP contribution in [0, 0.1) is 23.7 Å². The molecule has 3 aliphatic heterocycles. The van der Waals surface area contributed by atoms with Gasteiger partial charge in [-0.2, -0.15) is 0 Å². The van der Waals surface area contributed by atoms with Crippen molar-refractivity contribution in [1.29, 1.82) is 0 Å². The fourth-order valence-corrected chi connectivity index (χ4v) is 9.80. The quantitative estimate of drug-likeness (QED) is 0.0325. The Kier molecular flexibility index (Phi) is 33.3. The Morgan fingerprint density at radius 2 is 0.937 bits per heavy atom. The zero-order valence-electron chi connectivity index (χ0n) is 47.0. The van der Waals surface area contributed by atoms with E-state index >= 15 is 0 Å². The molecule has 3 saturated heterocycles. The van der Waals surface area contributed by atoms with Crippen LogP contribution >= 0.6 is 0 Å². The summed E-state index contributed by atoms with van der Waals surface area (Å²) >= 11 is 0. The Morgan fingerprint density at radius 3 is 1.42 bits per heavy atom. The van der Waals surface area contributed by atoms with Gasteiger partial charge in [0.25, 0.3) is 0 Å². The summed E-state index contributed by atoms with van der Waals surface area (Å²) in [6.45, 7) is 7.79. The average molecular weight is 1140 g/mol. The third-order valence-electron chi connectivity index (χ3n) is 14.8. The molecule has 0 aromatic rings. The lowest BCUT2D eigenvalue weighted by atomic mass is 9.85. The summed E-state index contributed by atoms with van der Waals surface area (Å²) in [4.78, 5) is 77.8. The summed E-state index contributed by atoms with van der Waals surface area (Å²) in [5.41, 5.74) is 0. The maximum atomic E-state index is 14.1. The van der Waals surface area contributed by atoms with Gasteiger partial charge in [-0.25, -0.2) is 0 Å². The largest absolute Gasteiger partial charge is 0.394 e. The SMILES string of the molecule is CC(=O)NC1[C@H](OCCCCCC(=O)NCCCCC(CC(=O)C(CCCCNC(=O)CCCO[C@@H]2OC(CO)[C@H](O)[C@H](O)C2C)NC(=O)CCCCCO[C@@H]2OC(CO)[C@H](O)[C@H](O)C2C)C(=O)C(C)C)OC(CO)[C@H](O)[C@@H]1O. The van der Waals surface area contributed by atoms with Gasteiger partial charge >= 0.3 is 0 Å². The molecule has 25 heteroatoms. The molecule has 0 spiro atoms. The first-order chi connectivity index (χ1) is 37.6. The molecule has 0 radical (unpaired) electrons. The highest BCUT2D eigenvalue weighted by molar-refractivity contribution is 5.93. The number of carbonyl (C=O) groups is 6. The molecule has 3 heterocycles. The van der Waals surface area contributed by atoms with E-state index in [0.717, 1.165) is 0 Å². The fraction of sp³-hybridized carbons (Fsp3) is 0.889. The number of aliphatic hydroxyl groups excluding tert-OH is 9. The van der Waals surface area contributed by atoms with E-state index in [1.54, 1.807) is 27.7 Å². The van der Waals surface area contributed by atoms with E-state index in [4.69, 9.17) is 28.4 Å². The lowest BCUT2D eigenvalue weighted by molar-refractivity contribution is -0.282. The monoisotopic (exact) mass is 1140 g/mol. The first kappa shape index (κ1) is 69.9. The van der Waals surface area contributed by atoms with Crippen LogP contribution in [0.1, 0.15) is 144 Å². The Balaban J connectivity index is 1.46. The van der Waals surface area contributed by atoms with Crippen molar-refractivity contribution in [2.75, 3.05) is 52.7 Å². The molecule has 79 heavy (non-hydrogen) atoms. The third kappa shape index (κ3) is 24.2. The van der Waals surface area contributed by atoms with Gasteiger partial charge < -0.3 is 95.6 Å². The number of ether oxygens (including phenoxy) is 6. The van der Waals surface area contributed by atoms with E-state index in [-0.39, 0.29) is 87.1 Å². The number of ketones is 2. The number of aliphatic hydroxyl groups is 9. The molecule has 0 aliphatic carbocycles. The van der Waals surface area contributed by atoms with Crippen LogP contribution in [-0.4, -0.2) is 220 Å².